The first-order valence-corrected chi connectivity index (χ1v) is 4.88. The number of rotatable bonds is 3. The van der Waals surface area contributed by atoms with Gasteiger partial charge in [0.2, 0.25) is 5.91 Å². The van der Waals surface area contributed by atoms with Crippen molar-refractivity contribution in [3.63, 3.8) is 0 Å². The largest absolute Gasteiger partial charge is 0.359 e. The highest BCUT2D eigenvalue weighted by molar-refractivity contribution is 5.83. The summed E-state index contributed by atoms with van der Waals surface area (Å²) in [5, 5.41) is 11.7. The van der Waals surface area contributed by atoms with Gasteiger partial charge in [-0.2, -0.15) is 5.26 Å². The molecule has 0 radical (unpaired) electrons. The normalized spacial score (nSPS) is 11.4. The zero-order valence-electron chi connectivity index (χ0n) is 9.56. The summed E-state index contributed by atoms with van der Waals surface area (Å²) in [6, 6.07) is 4.88. The maximum absolute atomic E-state index is 11.6. The summed E-state index contributed by atoms with van der Waals surface area (Å²) in [7, 11) is 3.39. The van der Waals surface area contributed by atoms with Crippen LogP contribution in [-0.2, 0) is 4.79 Å². The van der Waals surface area contributed by atoms with Gasteiger partial charge < -0.3 is 10.2 Å². The third kappa shape index (κ3) is 2.95. The average molecular weight is 218 g/mol. The van der Waals surface area contributed by atoms with Gasteiger partial charge >= 0.3 is 0 Å². The molecule has 0 aliphatic rings. The van der Waals surface area contributed by atoms with E-state index in [2.05, 4.69) is 10.3 Å². The topological polar surface area (TPSA) is 69.0 Å². The molecule has 5 heteroatoms. The fourth-order valence-corrected chi connectivity index (χ4v) is 1.25. The number of carbonyl (C=O) groups excluding carboxylic acids is 1. The Balaban J connectivity index is 2.74. The third-order valence-corrected chi connectivity index (χ3v) is 2.06. The SMILES string of the molecule is CC(Nc1cc(C#N)ccn1)C(=O)N(C)C. The van der Waals surface area contributed by atoms with E-state index in [9.17, 15) is 4.79 Å². The highest BCUT2D eigenvalue weighted by atomic mass is 16.2. The monoisotopic (exact) mass is 218 g/mol. The predicted molar refractivity (Wildman–Crippen MR) is 60.7 cm³/mol. The van der Waals surface area contributed by atoms with Crippen molar-refractivity contribution in [3.8, 4) is 6.07 Å². The molecule has 0 aliphatic carbocycles. The molecule has 0 saturated heterocycles. The summed E-state index contributed by atoms with van der Waals surface area (Å²) in [4.78, 5) is 17.1. The molecular weight excluding hydrogens is 204 g/mol. The Bertz CT molecular complexity index is 422. The molecule has 0 aromatic carbocycles. The lowest BCUT2D eigenvalue weighted by atomic mass is 10.2. The van der Waals surface area contributed by atoms with Gasteiger partial charge in [0.25, 0.3) is 0 Å². The predicted octanol–water partition coefficient (Wildman–Crippen LogP) is 0.842. The smallest absolute Gasteiger partial charge is 0.244 e. The van der Waals surface area contributed by atoms with Crippen LogP contribution in [0.25, 0.3) is 0 Å². The van der Waals surface area contributed by atoms with E-state index in [-0.39, 0.29) is 11.9 Å². The van der Waals surface area contributed by atoms with Gasteiger partial charge in [-0.05, 0) is 19.1 Å². The minimum Gasteiger partial charge on any atom is -0.359 e. The van der Waals surface area contributed by atoms with Gasteiger partial charge in [0.05, 0.1) is 11.6 Å². The summed E-state index contributed by atoms with van der Waals surface area (Å²) in [6.07, 6.45) is 1.54. The Morgan fingerprint density at radius 3 is 2.88 bits per heavy atom. The molecule has 0 bridgehead atoms. The van der Waals surface area contributed by atoms with Crippen molar-refractivity contribution < 1.29 is 4.79 Å². The second-order valence-electron chi connectivity index (χ2n) is 3.64. The van der Waals surface area contributed by atoms with Crippen LogP contribution in [0.3, 0.4) is 0 Å². The molecule has 0 spiro atoms. The molecule has 5 nitrogen and oxygen atoms in total. The fourth-order valence-electron chi connectivity index (χ4n) is 1.25. The zero-order valence-corrected chi connectivity index (χ0v) is 9.56. The number of likely N-dealkylation sites (N-methyl/N-ethyl adjacent to an activating group) is 1. The average Bonchev–Trinajstić information content (AvgIpc) is 2.28. The van der Waals surface area contributed by atoms with Gasteiger partial charge in [0, 0.05) is 20.3 Å². The lowest BCUT2D eigenvalue weighted by Gasteiger charge is -2.18. The minimum atomic E-state index is -0.364. The van der Waals surface area contributed by atoms with E-state index >= 15 is 0 Å². The van der Waals surface area contributed by atoms with Crippen molar-refractivity contribution in [2.75, 3.05) is 19.4 Å². The van der Waals surface area contributed by atoms with Gasteiger partial charge in [0.1, 0.15) is 11.9 Å². The molecule has 1 atom stereocenters. The van der Waals surface area contributed by atoms with Gasteiger partial charge in [-0.25, -0.2) is 4.98 Å². The summed E-state index contributed by atoms with van der Waals surface area (Å²) < 4.78 is 0. The second kappa shape index (κ2) is 5.12. The zero-order chi connectivity index (χ0) is 12.1. The fraction of sp³-hybridized carbons (Fsp3) is 0.364. The van der Waals surface area contributed by atoms with E-state index in [0.717, 1.165) is 0 Å². The molecule has 0 aliphatic heterocycles. The summed E-state index contributed by atoms with van der Waals surface area (Å²) in [5.41, 5.74) is 0.516. The Morgan fingerprint density at radius 2 is 2.31 bits per heavy atom. The number of hydrogen-bond donors (Lipinski definition) is 1. The number of amides is 1. The van der Waals surface area contributed by atoms with E-state index in [4.69, 9.17) is 5.26 Å². The number of pyridine rings is 1. The van der Waals surface area contributed by atoms with E-state index < -0.39 is 0 Å². The van der Waals surface area contributed by atoms with Crippen LogP contribution in [-0.4, -0.2) is 35.9 Å². The van der Waals surface area contributed by atoms with Crippen LogP contribution in [0.5, 0.6) is 0 Å². The number of anilines is 1. The Labute approximate surface area is 94.7 Å². The molecule has 0 saturated carbocycles. The van der Waals surface area contributed by atoms with Crippen LogP contribution in [0.4, 0.5) is 5.82 Å². The van der Waals surface area contributed by atoms with Gasteiger partial charge in [0.15, 0.2) is 0 Å². The molecule has 1 aromatic heterocycles. The molecule has 84 valence electrons. The van der Waals surface area contributed by atoms with Crippen LogP contribution in [0.1, 0.15) is 12.5 Å². The van der Waals surface area contributed by atoms with Crippen molar-refractivity contribution in [1.29, 1.82) is 5.26 Å². The molecule has 1 rings (SSSR count). The van der Waals surface area contributed by atoms with E-state index in [1.165, 1.54) is 11.1 Å². The van der Waals surface area contributed by atoms with Crippen molar-refractivity contribution in [2.24, 2.45) is 0 Å². The number of nitrogens with zero attached hydrogens (tertiary/aromatic N) is 3. The van der Waals surface area contributed by atoms with Crippen molar-refractivity contribution in [1.82, 2.24) is 9.88 Å². The Hall–Kier alpha value is -2.09. The quantitative estimate of drug-likeness (QED) is 0.816. The van der Waals surface area contributed by atoms with Crippen LogP contribution in [0, 0.1) is 11.3 Å². The highest BCUT2D eigenvalue weighted by Crippen LogP contribution is 2.07. The van der Waals surface area contributed by atoms with Crippen molar-refractivity contribution >= 4 is 11.7 Å². The van der Waals surface area contributed by atoms with Gasteiger partial charge in [-0.1, -0.05) is 0 Å². The van der Waals surface area contributed by atoms with Crippen LogP contribution in [0.15, 0.2) is 18.3 Å². The van der Waals surface area contributed by atoms with Gasteiger partial charge in [-0.15, -0.1) is 0 Å². The second-order valence-corrected chi connectivity index (χ2v) is 3.64. The molecule has 1 amide bonds. The third-order valence-electron chi connectivity index (χ3n) is 2.06. The number of hydrogen-bond acceptors (Lipinski definition) is 4. The van der Waals surface area contributed by atoms with Gasteiger partial charge in [-0.3, -0.25) is 4.79 Å². The molecule has 0 fully saturated rings. The van der Waals surface area contributed by atoms with Crippen molar-refractivity contribution in [3.05, 3.63) is 23.9 Å². The van der Waals surface area contributed by atoms with Crippen LogP contribution >= 0.6 is 0 Å². The molecule has 16 heavy (non-hydrogen) atoms. The number of aromatic nitrogens is 1. The highest BCUT2D eigenvalue weighted by Gasteiger charge is 2.14. The van der Waals surface area contributed by atoms with E-state index in [1.54, 1.807) is 33.2 Å². The van der Waals surface area contributed by atoms with E-state index in [0.29, 0.717) is 11.4 Å². The Morgan fingerprint density at radius 1 is 1.62 bits per heavy atom. The lowest BCUT2D eigenvalue weighted by Crippen LogP contribution is -2.36. The first-order valence-electron chi connectivity index (χ1n) is 4.88. The first kappa shape index (κ1) is 12.0. The number of nitrogens with one attached hydrogen (secondary N) is 1. The minimum absolute atomic E-state index is 0.0378. The summed E-state index contributed by atoms with van der Waals surface area (Å²) in [5.74, 6) is 0.492. The molecule has 1 aromatic rings. The van der Waals surface area contributed by atoms with Crippen molar-refractivity contribution in [2.45, 2.75) is 13.0 Å². The lowest BCUT2D eigenvalue weighted by molar-refractivity contribution is -0.129. The summed E-state index contributed by atoms with van der Waals surface area (Å²) >= 11 is 0. The Kier molecular flexibility index (Phi) is 3.84. The maximum atomic E-state index is 11.6. The summed E-state index contributed by atoms with van der Waals surface area (Å²) in [6.45, 7) is 1.75. The standard InChI is InChI=1S/C11H14N4O/c1-8(11(16)15(2)3)14-10-6-9(7-12)4-5-13-10/h4-6,8H,1-3H3,(H,13,14). The molecule has 1 heterocycles. The number of nitriles is 1. The molecule has 1 unspecified atom stereocenters. The molecule has 1 N–H and O–H groups in total. The number of carbonyl (C=O) groups is 1. The molecular formula is C11H14N4O. The maximum Gasteiger partial charge on any atom is 0.244 e. The van der Waals surface area contributed by atoms with Crippen LogP contribution < -0.4 is 5.32 Å². The van der Waals surface area contributed by atoms with Crippen LogP contribution in [0.2, 0.25) is 0 Å². The van der Waals surface area contributed by atoms with E-state index in [1.807, 2.05) is 6.07 Å². The first-order chi connectivity index (χ1) is 7.54.